The minimum absolute atomic E-state index is 0.0502. The van der Waals surface area contributed by atoms with E-state index in [1.54, 1.807) is 62.3 Å². The van der Waals surface area contributed by atoms with Crippen LogP contribution in [0.3, 0.4) is 0 Å². The van der Waals surface area contributed by atoms with Crippen LogP contribution >= 0.6 is 0 Å². The van der Waals surface area contributed by atoms with E-state index in [1.807, 2.05) is 12.1 Å². The largest absolute Gasteiger partial charge is 0.458 e. The van der Waals surface area contributed by atoms with Gasteiger partial charge in [0.05, 0.1) is 0 Å². The Labute approximate surface area is 250 Å². The summed E-state index contributed by atoms with van der Waals surface area (Å²) in [6.45, 7) is 21.8. The Kier molecular flexibility index (Phi) is 10.8. The molecular formula is C32H45INO6+. The molecule has 8 heteroatoms. The molecule has 2 rings (SSSR count). The molecule has 0 saturated carbocycles. The highest BCUT2D eigenvalue weighted by atomic mass is 127. The quantitative estimate of drug-likeness (QED) is 0.262. The van der Waals surface area contributed by atoms with Gasteiger partial charge in [0.15, 0.2) is 7.14 Å². The Morgan fingerprint density at radius 3 is 1.55 bits per heavy atom. The van der Waals surface area contributed by atoms with Gasteiger partial charge in [-0.25, -0.2) is 14.4 Å². The number of rotatable bonds is 6. The van der Waals surface area contributed by atoms with Crippen LogP contribution in [-0.2, 0) is 25.4 Å². The summed E-state index contributed by atoms with van der Waals surface area (Å²) in [6.07, 6.45) is -1.88. The van der Waals surface area contributed by atoms with Gasteiger partial charge in [0, 0.05) is 17.5 Å². The highest BCUT2D eigenvalue weighted by Gasteiger charge is 2.42. The van der Waals surface area contributed by atoms with Crippen LogP contribution in [0.15, 0.2) is 36.4 Å². The van der Waals surface area contributed by atoms with Gasteiger partial charge in [0.1, 0.15) is 22.8 Å². The van der Waals surface area contributed by atoms with E-state index in [2.05, 4.69) is 45.0 Å². The van der Waals surface area contributed by atoms with Crippen molar-refractivity contribution in [2.45, 2.75) is 112 Å². The van der Waals surface area contributed by atoms with E-state index in [-0.39, 0.29) is 6.42 Å². The Balaban J connectivity index is 2.46. The van der Waals surface area contributed by atoms with Crippen LogP contribution in [0.5, 0.6) is 0 Å². The van der Waals surface area contributed by atoms with Gasteiger partial charge in [-0.3, -0.25) is 0 Å². The maximum atomic E-state index is 13.5. The summed E-state index contributed by atoms with van der Waals surface area (Å²) >= 11 is -0.410. The van der Waals surface area contributed by atoms with Crippen LogP contribution in [0.4, 0.5) is 9.59 Å². The Bertz CT molecular complexity index is 1160. The van der Waals surface area contributed by atoms with Crippen molar-refractivity contribution in [3.05, 3.63) is 65.8 Å². The zero-order chi connectivity index (χ0) is 30.6. The van der Waals surface area contributed by atoms with Crippen LogP contribution < -0.4 is 21.2 Å². The van der Waals surface area contributed by atoms with Crippen molar-refractivity contribution in [3.8, 4) is 0 Å². The van der Waals surface area contributed by atoms with Gasteiger partial charge >= 0.3 is 39.4 Å². The fourth-order valence-corrected chi connectivity index (χ4v) is 6.43. The number of hydrogen-bond acceptors (Lipinski definition) is 6. The van der Waals surface area contributed by atoms with Gasteiger partial charge in [-0.2, -0.15) is 4.90 Å². The minimum Gasteiger partial charge on any atom is -0.458 e. The number of nitrogens with zero attached hydrogens (tertiary/aromatic N) is 1. The summed E-state index contributed by atoms with van der Waals surface area (Å²) in [5, 5.41) is 0. The molecule has 0 aliphatic rings. The summed E-state index contributed by atoms with van der Waals surface area (Å²) in [4.78, 5) is 40.9. The number of ether oxygens (including phenoxy) is 3. The van der Waals surface area contributed by atoms with Crippen LogP contribution in [0.25, 0.3) is 0 Å². The molecule has 7 nitrogen and oxygen atoms in total. The third-order valence-corrected chi connectivity index (χ3v) is 8.88. The number of amides is 2. The van der Waals surface area contributed by atoms with Crippen molar-refractivity contribution >= 4 is 18.2 Å². The predicted octanol–water partition coefficient (Wildman–Crippen LogP) is 4.17. The Hall–Kier alpha value is -2.62. The van der Waals surface area contributed by atoms with E-state index in [4.69, 9.17) is 14.2 Å². The highest BCUT2D eigenvalue weighted by Crippen LogP contribution is 2.22. The molecule has 2 aromatic carbocycles. The molecule has 0 unspecified atom stereocenters. The first-order valence-corrected chi connectivity index (χ1v) is 15.6. The third kappa shape index (κ3) is 10.7. The number of imide groups is 1. The van der Waals surface area contributed by atoms with Crippen molar-refractivity contribution in [3.63, 3.8) is 0 Å². The maximum Gasteiger partial charge on any atom is 0.420 e. The molecule has 0 aliphatic heterocycles. The van der Waals surface area contributed by atoms with E-state index in [0.29, 0.717) is 0 Å². The summed E-state index contributed by atoms with van der Waals surface area (Å²) < 4.78 is 19.3. The van der Waals surface area contributed by atoms with Gasteiger partial charge in [0.25, 0.3) is 0 Å². The molecular weight excluding hydrogens is 621 g/mol. The number of carbonyl (C=O) groups is 3. The second-order valence-corrected chi connectivity index (χ2v) is 15.9. The van der Waals surface area contributed by atoms with E-state index in [9.17, 15) is 14.4 Å². The summed E-state index contributed by atoms with van der Waals surface area (Å²) in [6, 6.07) is 11.1. The first kappa shape index (κ1) is 33.6. The molecule has 0 heterocycles. The summed E-state index contributed by atoms with van der Waals surface area (Å²) in [5.74, 6) is -0.716. The van der Waals surface area contributed by atoms with Gasteiger partial charge in [0.2, 0.25) is 0 Å². The molecule has 0 saturated heterocycles. The number of aryl methyl sites for hydroxylation is 3. The lowest BCUT2D eigenvalue weighted by molar-refractivity contribution is -0.598. The fraction of sp³-hybridized carbons (Fsp3) is 0.531. The lowest BCUT2D eigenvalue weighted by atomic mass is 10.0. The van der Waals surface area contributed by atoms with Crippen molar-refractivity contribution in [2.24, 2.45) is 0 Å². The standard InChI is InChI=1S/C32H45INO6/c1-20-17-21(2)26(22(3)18-20)33-24-15-13-23(14-16-24)19-25(27(35)38-30(4,5)6)34(28(36)39-31(7,8)9)29(37)40-32(10,11)12/h13-18,25H,19H2,1-12H3/q+1/t25-/m0/s1. The second-order valence-electron chi connectivity index (χ2n) is 13.0. The zero-order valence-corrected chi connectivity index (χ0v) is 28.2. The lowest BCUT2D eigenvalue weighted by Gasteiger charge is -2.33. The van der Waals surface area contributed by atoms with E-state index in [1.165, 1.54) is 23.8 Å². The van der Waals surface area contributed by atoms with Gasteiger partial charge in [-0.05, 0) is 101 Å². The monoisotopic (exact) mass is 666 g/mol. The number of carbonyl (C=O) groups excluding carboxylic acids is 3. The van der Waals surface area contributed by atoms with Crippen LogP contribution in [0.1, 0.15) is 84.6 Å². The van der Waals surface area contributed by atoms with E-state index >= 15 is 0 Å². The van der Waals surface area contributed by atoms with Crippen molar-refractivity contribution in [2.75, 3.05) is 0 Å². The van der Waals surface area contributed by atoms with Crippen molar-refractivity contribution in [1.82, 2.24) is 4.90 Å². The molecule has 0 radical (unpaired) electrons. The second kappa shape index (κ2) is 12.9. The molecule has 40 heavy (non-hydrogen) atoms. The highest BCUT2D eigenvalue weighted by molar-refractivity contribution is 5.94. The fourth-order valence-electron chi connectivity index (χ4n) is 3.93. The number of hydrogen-bond donors (Lipinski definition) is 0. The third-order valence-electron chi connectivity index (χ3n) is 5.30. The molecule has 0 aliphatic carbocycles. The van der Waals surface area contributed by atoms with E-state index < -0.39 is 62.2 Å². The number of esters is 1. The summed E-state index contributed by atoms with van der Waals surface area (Å²) in [5.41, 5.74) is 2.00. The van der Waals surface area contributed by atoms with Crippen LogP contribution in [0.2, 0.25) is 0 Å². The smallest absolute Gasteiger partial charge is 0.420 e. The lowest BCUT2D eigenvalue weighted by Crippen LogP contribution is -3.62. The SMILES string of the molecule is Cc1cc(C)c([I+]c2ccc(C[C@@H](C(=O)OC(C)(C)C)N(C(=O)OC(C)(C)C)C(=O)OC(C)(C)C)cc2)c(C)c1. The summed E-state index contributed by atoms with van der Waals surface area (Å²) in [7, 11) is 0. The average Bonchev–Trinajstić information content (AvgIpc) is 2.73. The predicted molar refractivity (Wildman–Crippen MR) is 152 cm³/mol. The topological polar surface area (TPSA) is 82.1 Å². The molecule has 0 bridgehead atoms. The minimum atomic E-state index is -1.29. The average molecular weight is 667 g/mol. The first-order valence-electron chi connectivity index (χ1n) is 13.4. The van der Waals surface area contributed by atoms with E-state index in [0.717, 1.165) is 10.5 Å². The van der Waals surface area contributed by atoms with Crippen molar-refractivity contribution < 1.29 is 49.8 Å². The maximum absolute atomic E-state index is 13.5. The van der Waals surface area contributed by atoms with Gasteiger partial charge in [-0.15, -0.1) is 0 Å². The normalized spacial score (nSPS) is 12.9. The molecule has 0 fully saturated rings. The number of halogens is 1. The molecule has 2 amide bonds. The molecule has 220 valence electrons. The molecule has 2 aromatic rings. The van der Waals surface area contributed by atoms with Gasteiger partial charge < -0.3 is 14.2 Å². The number of benzene rings is 2. The van der Waals surface area contributed by atoms with Crippen LogP contribution in [0, 0.1) is 27.9 Å². The van der Waals surface area contributed by atoms with Gasteiger partial charge in [-0.1, -0.05) is 29.8 Å². The molecule has 0 N–H and O–H groups in total. The molecule has 1 atom stereocenters. The molecule has 0 aromatic heterocycles. The Morgan fingerprint density at radius 1 is 0.725 bits per heavy atom. The molecule has 0 spiro atoms. The first-order chi connectivity index (χ1) is 18.1. The van der Waals surface area contributed by atoms with Crippen molar-refractivity contribution in [1.29, 1.82) is 0 Å². The van der Waals surface area contributed by atoms with Crippen LogP contribution in [-0.4, -0.2) is 45.9 Å². The Morgan fingerprint density at radius 2 is 1.15 bits per heavy atom. The zero-order valence-electron chi connectivity index (χ0n) is 26.0.